The van der Waals surface area contributed by atoms with Gasteiger partial charge in [-0.1, -0.05) is 6.08 Å². The summed E-state index contributed by atoms with van der Waals surface area (Å²) in [6, 6.07) is 0.420. The normalized spacial score (nSPS) is 23.1. The lowest BCUT2D eigenvalue weighted by Gasteiger charge is -2.20. The van der Waals surface area contributed by atoms with Crippen molar-refractivity contribution in [2.45, 2.75) is 45.8 Å². The third kappa shape index (κ3) is 4.23. The van der Waals surface area contributed by atoms with E-state index in [1.165, 1.54) is 0 Å². The third-order valence-electron chi connectivity index (χ3n) is 1.83. The largest absolute Gasteiger partial charge is 0.370 e. The van der Waals surface area contributed by atoms with Gasteiger partial charge >= 0.3 is 0 Å². The Labute approximate surface area is 80.7 Å². The summed E-state index contributed by atoms with van der Waals surface area (Å²) in [6.07, 6.45) is 5.28. The maximum absolute atomic E-state index is 5.64. The molecule has 1 aliphatic heterocycles. The molecular formula is C11H19NO. The first-order valence-corrected chi connectivity index (χ1v) is 4.84. The quantitative estimate of drug-likeness (QED) is 0.641. The minimum absolute atomic E-state index is 0.0724. The molecule has 0 aliphatic carbocycles. The molecule has 0 bridgehead atoms. The van der Waals surface area contributed by atoms with Crippen LogP contribution in [0.4, 0.5) is 0 Å². The standard InChI is InChI=1S/C11H19NO/c1-9-6-5-7-10(12-9)8-13-11(2,3)4/h5,7,9H,6,8H2,1-4H3. The van der Waals surface area contributed by atoms with Gasteiger partial charge in [0.15, 0.2) is 0 Å². The van der Waals surface area contributed by atoms with E-state index < -0.39 is 0 Å². The zero-order valence-corrected chi connectivity index (χ0v) is 9.00. The average Bonchev–Trinajstić information content (AvgIpc) is 2.00. The average molecular weight is 181 g/mol. The first-order valence-electron chi connectivity index (χ1n) is 4.84. The van der Waals surface area contributed by atoms with Gasteiger partial charge < -0.3 is 4.74 Å². The minimum atomic E-state index is -0.0724. The summed E-state index contributed by atoms with van der Waals surface area (Å²) in [4.78, 5) is 4.49. The smallest absolute Gasteiger partial charge is 0.0890 e. The van der Waals surface area contributed by atoms with Gasteiger partial charge in [0.2, 0.25) is 0 Å². The molecule has 1 atom stereocenters. The minimum Gasteiger partial charge on any atom is -0.370 e. The van der Waals surface area contributed by atoms with E-state index in [0.29, 0.717) is 12.6 Å². The molecule has 0 saturated carbocycles. The number of dihydropyridines is 1. The maximum atomic E-state index is 5.64. The molecule has 2 heteroatoms. The predicted molar refractivity (Wildman–Crippen MR) is 56.4 cm³/mol. The molecule has 74 valence electrons. The van der Waals surface area contributed by atoms with Crippen LogP contribution in [-0.4, -0.2) is 24.0 Å². The lowest BCUT2D eigenvalue weighted by molar-refractivity contribution is 0.0214. The van der Waals surface area contributed by atoms with Crippen LogP contribution in [0.15, 0.2) is 17.1 Å². The highest BCUT2D eigenvalue weighted by atomic mass is 16.5. The Bertz CT molecular complexity index is 223. The van der Waals surface area contributed by atoms with Gasteiger partial charge in [0.05, 0.1) is 24.0 Å². The Morgan fingerprint density at radius 3 is 2.77 bits per heavy atom. The van der Waals surface area contributed by atoms with Crippen molar-refractivity contribution in [1.29, 1.82) is 0 Å². The summed E-state index contributed by atoms with van der Waals surface area (Å²) in [6.45, 7) is 8.93. The Balaban J connectivity index is 2.41. The van der Waals surface area contributed by atoms with Gasteiger partial charge in [-0.3, -0.25) is 4.99 Å². The van der Waals surface area contributed by atoms with Crippen LogP contribution in [-0.2, 0) is 4.74 Å². The predicted octanol–water partition coefficient (Wildman–Crippen LogP) is 2.59. The monoisotopic (exact) mass is 181 g/mol. The van der Waals surface area contributed by atoms with Crippen LogP contribution in [0.2, 0.25) is 0 Å². The molecule has 0 aromatic heterocycles. The molecule has 1 rings (SSSR count). The molecule has 0 amide bonds. The molecule has 0 radical (unpaired) electrons. The van der Waals surface area contributed by atoms with E-state index in [1.54, 1.807) is 0 Å². The Morgan fingerprint density at radius 1 is 1.54 bits per heavy atom. The van der Waals surface area contributed by atoms with E-state index in [1.807, 2.05) is 0 Å². The van der Waals surface area contributed by atoms with Crippen LogP contribution < -0.4 is 0 Å². The van der Waals surface area contributed by atoms with E-state index in [9.17, 15) is 0 Å². The SMILES string of the molecule is CC1CC=CC(COC(C)(C)C)=N1. The number of rotatable bonds is 2. The summed E-state index contributed by atoms with van der Waals surface area (Å²) in [5.41, 5.74) is 0.991. The van der Waals surface area contributed by atoms with Gasteiger partial charge in [-0.2, -0.15) is 0 Å². The van der Waals surface area contributed by atoms with Gasteiger partial charge in [0.1, 0.15) is 0 Å². The lowest BCUT2D eigenvalue weighted by atomic mass is 10.1. The van der Waals surface area contributed by atoms with Crippen LogP contribution in [0.25, 0.3) is 0 Å². The van der Waals surface area contributed by atoms with Crippen molar-refractivity contribution in [3.05, 3.63) is 12.2 Å². The van der Waals surface area contributed by atoms with Crippen LogP contribution in [0.1, 0.15) is 34.1 Å². The van der Waals surface area contributed by atoms with E-state index in [-0.39, 0.29) is 5.60 Å². The van der Waals surface area contributed by atoms with Crippen LogP contribution in [0.3, 0.4) is 0 Å². The zero-order valence-electron chi connectivity index (χ0n) is 9.00. The third-order valence-corrected chi connectivity index (χ3v) is 1.83. The molecule has 0 spiro atoms. The lowest BCUT2D eigenvalue weighted by Crippen LogP contribution is -2.24. The van der Waals surface area contributed by atoms with E-state index in [4.69, 9.17) is 4.74 Å². The second kappa shape index (κ2) is 4.05. The molecule has 0 N–H and O–H groups in total. The number of nitrogens with zero attached hydrogens (tertiary/aromatic N) is 1. The topological polar surface area (TPSA) is 21.6 Å². The van der Waals surface area contributed by atoms with Crippen molar-refractivity contribution in [3.63, 3.8) is 0 Å². The highest BCUT2D eigenvalue weighted by Crippen LogP contribution is 2.10. The fourth-order valence-corrected chi connectivity index (χ4v) is 1.16. The van der Waals surface area contributed by atoms with Crippen molar-refractivity contribution in [1.82, 2.24) is 0 Å². The number of aliphatic imine (C=N–C) groups is 1. The summed E-state index contributed by atoms with van der Waals surface area (Å²) < 4.78 is 5.64. The van der Waals surface area contributed by atoms with E-state index >= 15 is 0 Å². The molecular weight excluding hydrogens is 162 g/mol. The summed E-state index contributed by atoms with van der Waals surface area (Å²) >= 11 is 0. The molecule has 1 heterocycles. The maximum Gasteiger partial charge on any atom is 0.0890 e. The Hall–Kier alpha value is -0.630. The van der Waals surface area contributed by atoms with Gasteiger partial charge in [0, 0.05) is 0 Å². The van der Waals surface area contributed by atoms with Crippen LogP contribution in [0.5, 0.6) is 0 Å². The molecule has 2 nitrogen and oxygen atoms in total. The van der Waals surface area contributed by atoms with Crippen molar-refractivity contribution in [3.8, 4) is 0 Å². The summed E-state index contributed by atoms with van der Waals surface area (Å²) in [7, 11) is 0. The second-order valence-corrected chi connectivity index (χ2v) is 4.51. The van der Waals surface area contributed by atoms with Crippen molar-refractivity contribution in [2.24, 2.45) is 4.99 Å². The molecule has 0 aromatic carbocycles. The summed E-state index contributed by atoms with van der Waals surface area (Å²) in [5, 5.41) is 0. The second-order valence-electron chi connectivity index (χ2n) is 4.51. The number of ether oxygens (including phenoxy) is 1. The van der Waals surface area contributed by atoms with Gasteiger partial charge in [0.25, 0.3) is 0 Å². The van der Waals surface area contributed by atoms with E-state index in [2.05, 4.69) is 44.8 Å². The summed E-state index contributed by atoms with van der Waals surface area (Å²) in [5.74, 6) is 0. The molecule has 1 aliphatic rings. The Morgan fingerprint density at radius 2 is 2.23 bits per heavy atom. The molecule has 0 fully saturated rings. The highest BCUT2D eigenvalue weighted by molar-refractivity contribution is 5.96. The zero-order chi connectivity index (χ0) is 9.90. The van der Waals surface area contributed by atoms with Crippen LogP contribution >= 0.6 is 0 Å². The van der Waals surface area contributed by atoms with Crippen molar-refractivity contribution in [2.75, 3.05) is 6.61 Å². The highest BCUT2D eigenvalue weighted by Gasteiger charge is 2.12. The fourth-order valence-electron chi connectivity index (χ4n) is 1.16. The van der Waals surface area contributed by atoms with Crippen molar-refractivity contribution < 1.29 is 4.74 Å². The van der Waals surface area contributed by atoms with Gasteiger partial charge in [-0.25, -0.2) is 0 Å². The fraction of sp³-hybridized carbons (Fsp3) is 0.727. The Kier molecular flexibility index (Phi) is 3.26. The molecule has 1 unspecified atom stereocenters. The number of hydrogen-bond acceptors (Lipinski definition) is 2. The molecule has 13 heavy (non-hydrogen) atoms. The molecule has 0 aromatic rings. The molecule has 0 saturated heterocycles. The van der Waals surface area contributed by atoms with Crippen molar-refractivity contribution >= 4 is 5.71 Å². The van der Waals surface area contributed by atoms with Gasteiger partial charge in [-0.05, 0) is 40.2 Å². The van der Waals surface area contributed by atoms with Gasteiger partial charge in [-0.15, -0.1) is 0 Å². The number of hydrogen-bond donors (Lipinski definition) is 0. The first-order chi connectivity index (χ1) is 5.97. The van der Waals surface area contributed by atoms with Crippen LogP contribution in [0, 0.1) is 0 Å². The van der Waals surface area contributed by atoms with E-state index in [0.717, 1.165) is 12.1 Å². The first kappa shape index (κ1) is 10.5.